The summed E-state index contributed by atoms with van der Waals surface area (Å²) in [5.41, 5.74) is 1.26. The third-order valence-electron chi connectivity index (χ3n) is 4.22. The van der Waals surface area contributed by atoms with Gasteiger partial charge in [-0.3, -0.25) is 14.8 Å². The van der Waals surface area contributed by atoms with Crippen LogP contribution in [0.25, 0.3) is 0 Å². The van der Waals surface area contributed by atoms with E-state index in [-0.39, 0.29) is 6.10 Å². The highest BCUT2D eigenvalue weighted by Crippen LogP contribution is 2.15. The molecule has 0 aromatic carbocycles. The second-order valence-electron chi connectivity index (χ2n) is 6.06. The highest BCUT2D eigenvalue weighted by molar-refractivity contribution is 5.08. The van der Waals surface area contributed by atoms with Crippen LogP contribution in [0.1, 0.15) is 37.2 Å². The Kier molecular flexibility index (Phi) is 5.90. The SMILES string of the molecule is CCO[C@@H](C)c1noc(CN2CCN(Cc3cccnc3)CC2)n1. The molecule has 2 aromatic rings. The Morgan fingerprint density at radius 2 is 1.96 bits per heavy atom. The van der Waals surface area contributed by atoms with Crippen LogP contribution in [0, 0.1) is 0 Å². The normalized spacial score (nSPS) is 17.9. The molecular weight excluding hydrogens is 306 g/mol. The third-order valence-corrected chi connectivity index (χ3v) is 4.22. The molecular formula is C17H25N5O2. The van der Waals surface area contributed by atoms with Crippen LogP contribution in [-0.2, 0) is 17.8 Å². The minimum atomic E-state index is -0.121. The van der Waals surface area contributed by atoms with Crippen molar-refractivity contribution in [1.82, 2.24) is 24.9 Å². The molecule has 2 aromatic heterocycles. The van der Waals surface area contributed by atoms with E-state index in [9.17, 15) is 0 Å². The molecule has 24 heavy (non-hydrogen) atoms. The van der Waals surface area contributed by atoms with E-state index in [1.54, 1.807) is 0 Å². The highest BCUT2D eigenvalue weighted by atomic mass is 16.5. The number of pyridine rings is 1. The number of nitrogens with zero attached hydrogens (tertiary/aromatic N) is 5. The van der Waals surface area contributed by atoms with Crippen molar-refractivity contribution in [3.63, 3.8) is 0 Å². The zero-order valence-electron chi connectivity index (χ0n) is 14.4. The van der Waals surface area contributed by atoms with E-state index >= 15 is 0 Å². The Hall–Kier alpha value is -1.83. The average Bonchev–Trinajstić information content (AvgIpc) is 3.06. The number of aromatic nitrogens is 3. The van der Waals surface area contributed by atoms with Gasteiger partial charge in [-0.1, -0.05) is 11.2 Å². The number of ether oxygens (including phenoxy) is 1. The van der Waals surface area contributed by atoms with Gasteiger partial charge in [-0.05, 0) is 25.5 Å². The summed E-state index contributed by atoms with van der Waals surface area (Å²) in [4.78, 5) is 13.4. The standard InChI is InChI=1S/C17H25N5O2/c1-3-23-14(2)17-19-16(24-20-17)13-22-9-7-21(8-10-22)12-15-5-4-6-18-11-15/h4-6,11,14H,3,7-10,12-13H2,1-2H3/t14-/m0/s1. The molecule has 1 aliphatic rings. The second kappa shape index (κ2) is 8.32. The molecule has 1 saturated heterocycles. The van der Waals surface area contributed by atoms with Gasteiger partial charge in [-0.25, -0.2) is 0 Å². The molecule has 0 amide bonds. The summed E-state index contributed by atoms with van der Waals surface area (Å²) < 4.78 is 10.8. The minimum absolute atomic E-state index is 0.121. The predicted octanol–water partition coefficient (Wildman–Crippen LogP) is 1.88. The van der Waals surface area contributed by atoms with Gasteiger partial charge in [-0.15, -0.1) is 0 Å². The van der Waals surface area contributed by atoms with E-state index in [2.05, 4.69) is 31.0 Å². The van der Waals surface area contributed by atoms with Crippen molar-refractivity contribution < 1.29 is 9.26 Å². The molecule has 7 nitrogen and oxygen atoms in total. The summed E-state index contributed by atoms with van der Waals surface area (Å²) in [5.74, 6) is 1.29. The molecule has 1 fully saturated rings. The molecule has 1 aliphatic heterocycles. The second-order valence-corrected chi connectivity index (χ2v) is 6.06. The smallest absolute Gasteiger partial charge is 0.240 e. The van der Waals surface area contributed by atoms with E-state index in [1.807, 2.05) is 32.3 Å². The Balaban J connectivity index is 1.45. The van der Waals surface area contributed by atoms with Crippen molar-refractivity contribution in [3.05, 3.63) is 41.8 Å². The third kappa shape index (κ3) is 4.59. The first kappa shape index (κ1) is 17.0. The average molecular weight is 331 g/mol. The molecule has 0 radical (unpaired) electrons. The number of hydrogen-bond donors (Lipinski definition) is 0. The molecule has 0 unspecified atom stereocenters. The lowest BCUT2D eigenvalue weighted by atomic mass is 10.2. The summed E-state index contributed by atoms with van der Waals surface area (Å²) in [5, 5.41) is 4.02. The number of rotatable bonds is 7. The lowest BCUT2D eigenvalue weighted by molar-refractivity contribution is 0.0683. The van der Waals surface area contributed by atoms with Gasteiger partial charge in [0.15, 0.2) is 5.82 Å². The van der Waals surface area contributed by atoms with E-state index in [0.29, 0.717) is 24.9 Å². The summed E-state index contributed by atoms with van der Waals surface area (Å²) in [6.07, 6.45) is 3.63. The van der Waals surface area contributed by atoms with Gasteiger partial charge in [0.05, 0.1) is 6.54 Å². The van der Waals surface area contributed by atoms with Gasteiger partial charge >= 0.3 is 0 Å². The van der Waals surface area contributed by atoms with Gasteiger partial charge in [0, 0.05) is 51.7 Å². The molecule has 0 spiro atoms. The number of piperazine rings is 1. The maximum atomic E-state index is 5.49. The van der Waals surface area contributed by atoms with Crippen molar-refractivity contribution >= 4 is 0 Å². The Bertz CT molecular complexity index is 610. The fourth-order valence-corrected chi connectivity index (χ4v) is 2.87. The van der Waals surface area contributed by atoms with E-state index < -0.39 is 0 Å². The van der Waals surface area contributed by atoms with Crippen molar-refractivity contribution in [3.8, 4) is 0 Å². The fourth-order valence-electron chi connectivity index (χ4n) is 2.87. The largest absolute Gasteiger partial charge is 0.371 e. The molecule has 1 atom stereocenters. The van der Waals surface area contributed by atoms with Crippen molar-refractivity contribution in [2.45, 2.75) is 33.0 Å². The zero-order valence-corrected chi connectivity index (χ0v) is 14.4. The lowest BCUT2D eigenvalue weighted by Crippen LogP contribution is -2.45. The van der Waals surface area contributed by atoms with Crippen LogP contribution in [0.5, 0.6) is 0 Å². The first-order valence-electron chi connectivity index (χ1n) is 8.52. The first-order valence-corrected chi connectivity index (χ1v) is 8.52. The van der Waals surface area contributed by atoms with Crippen LogP contribution in [-0.4, -0.2) is 57.7 Å². The minimum Gasteiger partial charge on any atom is -0.371 e. The van der Waals surface area contributed by atoms with Crippen LogP contribution in [0.15, 0.2) is 29.0 Å². The lowest BCUT2D eigenvalue weighted by Gasteiger charge is -2.33. The predicted molar refractivity (Wildman–Crippen MR) is 89.1 cm³/mol. The molecule has 0 aliphatic carbocycles. The molecule has 130 valence electrons. The van der Waals surface area contributed by atoms with Crippen LogP contribution in [0.4, 0.5) is 0 Å². The van der Waals surface area contributed by atoms with Gasteiger partial charge < -0.3 is 9.26 Å². The molecule has 7 heteroatoms. The van der Waals surface area contributed by atoms with E-state index in [4.69, 9.17) is 9.26 Å². The Labute approximate surface area is 142 Å². The topological polar surface area (TPSA) is 67.5 Å². The van der Waals surface area contributed by atoms with E-state index in [0.717, 1.165) is 32.7 Å². The van der Waals surface area contributed by atoms with Crippen LogP contribution >= 0.6 is 0 Å². The van der Waals surface area contributed by atoms with Gasteiger partial charge in [0.1, 0.15) is 6.10 Å². The van der Waals surface area contributed by atoms with Gasteiger partial charge in [-0.2, -0.15) is 4.98 Å². The van der Waals surface area contributed by atoms with Gasteiger partial charge in [0.25, 0.3) is 0 Å². The Morgan fingerprint density at radius 3 is 2.62 bits per heavy atom. The molecule has 3 heterocycles. The van der Waals surface area contributed by atoms with Gasteiger partial charge in [0.2, 0.25) is 5.89 Å². The van der Waals surface area contributed by atoms with Crippen molar-refractivity contribution in [2.24, 2.45) is 0 Å². The van der Waals surface area contributed by atoms with Crippen molar-refractivity contribution in [2.75, 3.05) is 32.8 Å². The van der Waals surface area contributed by atoms with Crippen LogP contribution < -0.4 is 0 Å². The highest BCUT2D eigenvalue weighted by Gasteiger charge is 2.20. The maximum absolute atomic E-state index is 5.49. The van der Waals surface area contributed by atoms with Crippen LogP contribution in [0.2, 0.25) is 0 Å². The Morgan fingerprint density at radius 1 is 1.21 bits per heavy atom. The molecule has 3 rings (SSSR count). The summed E-state index contributed by atoms with van der Waals surface area (Å²) in [7, 11) is 0. The van der Waals surface area contributed by atoms with E-state index in [1.165, 1.54) is 5.56 Å². The first-order chi connectivity index (χ1) is 11.7. The zero-order chi connectivity index (χ0) is 16.8. The summed E-state index contributed by atoms with van der Waals surface area (Å²) in [6, 6.07) is 4.11. The molecule has 0 N–H and O–H groups in total. The summed E-state index contributed by atoms with van der Waals surface area (Å²) in [6.45, 7) is 10.3. The maximum Gasteiger partial charge on any atom is 0.240 e. The molecule has 0 saturated carbocycles. The van der Waals surface area contributed by atoms with Crippen LogP contribution in [0.3, 0.4) is 0 Å². The quantitative estimate of drug-likeness (QED) is 0.767. The summed E-state index contributed by atoms with van der Waals surface area (Å²) >= 11 is 0. The number of hydrogen-bond acceptors (Lipinski definition) is 7. The molecule has 0 bridgehead atoms. The van der Waals surface area contributed by atoms with Crippen molar-refractivity contribution in [1.29, 1.82) is 0 Å². The fraction of sp³-hybridized carbons (Fsp3) is 0.588. The monoisotopic (exact) mass is 331 g/mol.